The SMILES string of the molecule is COC(=O)/C=C(\C(=O)OC)N1CCc2cc(Br)ccc21. The van der Waals surface area contributed by atoms with Crippen LogP contribution in [0.15, 0.2) is 34.4 Å². The lowest BCUT2D eigenvalue weighted by Gasteiger charge is -2.20. The number of esters is 2. The van der Waals surface area contributed by atoms with E-state index in [-0.39, 0.29) is 5.70 Å². The number of ether oxygens (including phenoxy) is 2. The highest BCUT2D eigenvalue weighted by atomic mass is 79.9. The molecule has 1 aromatic carbocycles. The largest absolute Gasteiger partial charge is 0.466 e. The minimum atomic E-state index is -0.587. The van der Waals surface area contributed by atoms with Gasteiger partial charge in [0.15, 0.2) is 0 Å². The quantitative estimate of drug-likeness (QED) is 0.623. The maximum Gasteiger partial charge on any atom is 0.354 e. The van der Waals surface area contributed by atoms with Crippen LogP contribution in [0.25, 0.3) is 0 Å². The van der Waals surface area contributed by atoms with Crippen molar-refractivity contribution in [3.05, 3.63) is 40.0 Å². The molecule has 1 aromatic rings. The van der Waals surface area contributed by atoms with E-state index in [0.717, 1.165) is 28.2 Å². The monoisotopic (exact) mass is 339 g/mol. The zero-order valence-corrected chi connectivity index (χ0v) is 12.8. The number of anilines is 1. The van der Waals surface area contributed by atoms with Gasteiger partial charge in [0.2, 0.25) is 0 Å². The van der Waals surface area contributed by atoms with Crippen molar-refractivity contribution in [1.82, 2.24) is 0 Å². The molecule has 0 aromatic heterocycles. The molecule has 1 aliphatic rings. The molecule has 0 aliphatic carbocycles. The third-order valence-electron chi connectivity index (χ3n) is 3.08. The smallest absolute Gasteiger partial charge is 0.354 e. The summed E-state index contributed by atoms with van der Waals surface area (Å²) in [4.78, 5) is 25.1. The summed E-state index contributed by atoms with van der Waals surface area (Å²) in [5.41, 5.74) is 2.19. The molecule has 0 unspecified atom stereocenters. The van der Waals surface area contributed by atoms with Crippen LogP contribution in [-0.2, 0) is 25.5 Å². The lowest BCUT2D eigenvalue weighted by Crippen LogP contribution is -2.27. The Morgan fingerprint density at radius 2 is 2.05 bits per heavy atom. The number of rotatable bonds is 3. The van der Waals surface area contributed by atoms with E-state index < -0.39 is 11.9 Å². The molecule has 0 saturated heterocycles. The topological polar surface area (TPSA) is 55.8 Å². The normalized spacial score (nSPS) is 13.9. The van der Waals surface area contributed by atoms with Gasteiger partial charge >= 0.3 is 11.9 Å². The van der Waals surface area contributed by atoms with Gasteiger partial charge in [-0.2, -0.15) is 0 Å². The second-order valence-corrected chi connectivity index (χ2v) is 5.13. The Bertz CT molecular complexity index is 583. The van der Waals surface area contributed by atoms with Gasteiger partial charge in [-0.3, -0.25) is 0 Å². The molecule has 0 radical (unpaired) electrons. The van der Waals surface area contributed by atoms with E-state index in [1.165, 1.54) is 14.2 Å². The van der Waals surface area contributed by atoms with Crippen LogP contribution in [0.5, 0.6) is 0 Å². The van der Waals surface area contributed by atoms with Crippen LogP contribution in [0, 0.1) is 0 Å². The van der Waals surface area contributed by atoms with E-state index >= 15 is 0 Å². The third kappa shape index (κ3) is 2.85. The molecule has 6 heteroatoms. The number of carbonyl (C=O) groups excluding carboxylic acids is 2. The summed E-state index contributed by atoms with van der Waals surface area (Å²) in [7, 11) is 2.55. The second-order valence-electron chi connectivity index (χ2n) is 4.22. The van der Waals surface area contributed by atoms with Crippen LogP contribution in [0.1, 0.15) is 5.56 Å². The van der Waals surface area contributed by atoms with Gasteiger partial charge in [-0.25, -0.2) is 9.59 Å². The number of hydrogen-bond acceptors (Lipinski definition) is 5. The number of benzene rings is 1. The van der Waals surface area contributed by atoms with Crippen molar-refractivity contribution >= 4 is 33.6 Å². The fourth-order valence-electron chi connectivity index (χ4n) is 2.14. The Morgan fingerprint density at radius 3 is 2.70 bits per heavy atom. The van der Waals surface area contributed by atoms with Crippen LogP contribution in [0.3, 0.4) is 0 Å². The first kappa shape index (κ1) is 14.6. The Morgan fingerprint density at radius 1 is 1.30 bits per heavy atom. The summed E-state index contributed by atoms with van der Waals surface area (Å²) < 4.78 is 10.3. The summed E-state index contributed by atoms with van der Waals surface area (Å²) in [6, 6.07) is 5.80. The van der Waals surface area contributed by atoms with E-state index in [1.54, 1.807) is 4.90 Å². The van der Waals surface area contributed by atoms with Crippen molar-refractivity contribution in [2.24, 2.45) is 0 Å². The predicted octanol–water partition coefficient (Wildman–Crippen LogP) is 2.04. The molecule has 20 heavy (non-hydrogen) atoms. The standard InChI is InChI=1S/C14H14BrNO4/c1-19-13(17)8-12(14(18)20-2)16-6-5-9-7-10(15)3-4-11(9)16/h3-4,7-8H,5-6H2,1-2H3/b12-8+. The van der Waals surface area contributed by atoms with E-state index in [9.17, 15) is 9.59 Å². The van der Waals surface area contributed by atoms with Crippen LogP contribution in [-0.4, -0.2) is 32.7 Å². The molecule has 0 saturated carbocycles. The van der Waals surface area contributed by atoms with Gasteiger partial charge in [0, 0.05) is 16.7 Å². The van der Waals surface area contributed by atoms with Gasteiger partial charge in [0.1, 0.15) is 5.70 Å². The molecule has 1 heterocycles. The maximum absolute atomic E-state index is 11.9. The number of halogens is 1. The highest BCUT2D eigenvalue weighted by Crippen LogP contribution is 2.33. The maximum atomic E-state index is 11.9. The van der Waals surface area contributed by atoms with Crippen LogP contribution in [0.4, 0.5) is 5.69 Å². The lowest BCUT2D eigenvalue weighted by atomic mass is 10.2. The van der Waals surface area contributed by atoms with Crippen molar-refractivity contribution < 1.29 is 19.1 Å². The van der Waals surface area contributed by atoms with Gasteiger partial charge in [0.25, 0.3) is 0 Å². The molecule has 0 atom stereocenters. The van der Waals surface area contributed by atoms with Gasteiger partial charge in [0.05, 0.1) is 20.3 Å². The average Bonchev–Trinajstić information content (AvgIpc) is 2.86. The van der Waals surface area contributed by atoms with E-state index in [0.29, 0.717) is 6.54 Å². The van der Waals surface area contributed by atoms with Crippen molar-refractivity contribution in [2.45, 2.75) is 6.42 Å². The summed E-state index contributed by atoms with van der Waals surface area (Å²) >= 11 is 3.42. The molecule has 0 fully saturated rings. The van der Waals surface area contributed by atoms with Crippen LogP contribution in [0.2, 0.25) is 0 Å². The van der Waals surface area contributed by atoms with Gasteiger partial charge in [-0.05, 0) is 30.2 Å². The van der Waals surface area contributed by atoms with Crippen molar-refractivity contribution in [2.75, 3.05) is 25.7 Å². The average molecular weight is 340 g/mol. The Kier molecular flexibility index (Phi) is 4.44. The number of fused-ring (bicyclic) bond motifs is 1. The fraction of sp³-hybridized carbons (Fsp3) is 0.286. The number of hydrogen-bond donors (Lipinski definition) is 0. The number of nitrogens with zero attached hydrogens (tertiary/aromatic N) is 1. The molecule has 0 amide bonds. The first-order valence-corrected chi connectivity index (χ1v) is 6.80. The molecule has 2 rings (SSSR count). The van der Waals surface area contributed by atoms with Crippen LogP contribution < -0.4 is 4.90 Å². The molecule has 1 aliphatic heterocycles. The number of carbonyl (C=O) groups is 2. The van der Waals surface area contributed by atoms with E-state index in [4.69, 9.17) is 4.74 Å². The molecule has 106 valence electrons. The summed E-state index contributed by atoms with van der Waals surface area (Å²) in [6.45, 7) is 0.615. The lowest BCUT2D eigenvalue weighted by molar-refractivity contribution is -0.138. The molecule has 0 spiro atoms. The Balaban J connectivity index is 2.40. The highest BCUT2D eigenvalue weighted by molar-refractivity contribution is 9.10. The van der Waals surface area contributed by atoms with Gasteiger partial charge in [-0.15, -0.1) is 0 Å². The molecule has 5 nitrogen and oxygen atoms in total. The summed E-state index contributed by atoms with van der Waals surface area (Å²) in [5.74, 6) is -1.15. The minimum absolute atomic E-state index is 0.181. The number of methoxy groups -OCH3 is 2. The van der Waals surface area contributed by atoms with E-state index in [2.05, 4.69) is 20.7 Å². The Labute approximate surface area is 125 Å². The van der Waals surface area contributed by atoms with Gasteiger partial charge < -0.3 is 14.4 Å². The van der Waals surface area contributed by atoms with Crippen molar-refractivity contribution in [3.63, 3.8) is 0 Å². The summed E-state index contributed by atoms with van der Waals surface area (Å²) in [6.07, 6.45) is 1.95. The fourth-order valence-corrected chi connectivity index (χ4v) is 2.55. The molecule has 0 N–H and O–H groups in total. The molecular formula is C14H14BrNO4. The molecular weight excluding hydrogens is 326 g/mol. The first-order chi connectivity index (χ1) is 9.56. The second kappa shape index (κ2) is 6.09. The van der Waals surface area contributed by atoms with Gasteiger partial charge in [-0.1, -0.05) is 15.9 Å². The van der Waals surface area contributed by atoms with E-state index in [1.807, 2.05) is 18.2 Å². The minimum Gasteiger partial charge on any atom is -0.466 e. The van der Waals surface area contributed by atoms with Crippen LogP contribution >= 0.6 is 15.9 Å². The first-order valence-electron chi connectivity index (χ1n) is 6.00. The summed E-state index contributed by atoms with van der Waals surface area (Å²) in [5, 5.41) is 0. The Hall–Kier alpha value is -1.82. The zero-order chi connectivity index (χ0) is 14.7. The molecule has 0 bridgehead atoms. The third-order valence-corrected chi connectivity index (χ3v) is 3.57. The predicted molar refractivity (Wildman–Crippen MR) is 77.3 cm³/mol. The van der Waals surface area contributed by atoms with Crippen molar-refractivity contribution in [1.29, 1.82) is 0 Å². The highest BCUT2D eigenvalue weighted by Gasteiger charge is 2.27. The van der Waals surface area contributed by atoms with Crippen molar-refractivity contribution in [3.8, 4) is 0 Å². The zero-order valence-electron chi connectivity index (χ0n) is 11.2.